The van der Waals surface area contributed by atoms with Crippen molar-refractivity contribution < 1.29 is 4.79 Å². The van der Waals surface area contributed by atoms with Crippen molar-refractivity contribution in [3.8, 4) is 0 Å². The van der Waals surface area contributed by atoms with E-state index in [-0.39, 0.29) is 5.91 Å². The largest absolute Gasteiger partial charge is 0.354 e. The van der Waals surface area contributed by atoms with Gasteiger partial charge in [-0.3, -0.25) is 4.79 Å². The Balaban J connectivity index is 2.85. The Hall–Kier alpha value is -0.890. The SMILES string of the molecule is CNC(=O)c1cnc(P)[nH]1. The van der Waals surface area contributed by atoms with Crippen molar-refractivity contribution in [3.63, 3.8) is 0 Å². The van der Waals surface area contributed by atoms with Gasteiger partial charge in [-0.2, -0.15) is 0 Å². The maximum Gasteiger partial charge on any atom is 0.269 e. The Bertz CT molecular complexity index is 245. The molecule has 0 aliphatic heterocycles. The maximum atomic E-state index is 10.8. The second kappa shape index (κ2) is 2.80. The first-order valence-corrected chi connectivity index (χ1v) is 3.34. The number of nitrogens with zero attached hydrogens (tertiary/aromatic N) is 1. The zero-order valence-electron chi connectivity index (χ0n) is 5.51. The number of nitrogens with one attached hydrogen (secondary N) is 2. The lowest BCUT2D eigenvalue weighted by molar-refractivity contribution is 0.0959. The molecule has 0 aliphatic carbocycles. The van der Waals surface area contributed by atoms with Gasteiger partial charge in [0, 0.05) is 7.05 Å². The quantitative estimate of drug-likeness (QED) is 0.528. The van der Waals surface area contributed by atoms with Crippen LogP contribution in [-0.2, 0) is 0 Å². The molecule has 54 valence electrons. The number of imidazole rings is 1. The Labute approximate surface area is 60.6 Å². The first-order valence-electron chi connectivity index (χ1n) is 2.76. The third-order valence-electron chi connectivity index (χ3n) is 1.07. The number of hydrogen-bond acceptors (Lipinski definition) is 2. The van der Waals surface area contributed by atoms with Crippen LogP contribution in [-0.4, -0.2) is 22.9 Å². The van der Waals surface area contributed by atoms with Gasteiger partial charge < -0.3 is 10.3 Å². The molecule has 1 aromatic heterocycles. The third kappa shape index (κ3) is 1.33. The Kier molecular flexibility index (Phi) is 2.02. The van der Waals surface area contributed by atoms with E-state index in [1.165, 1.54) is 6.20 Å². The molecule has 1 heterocycles. The first-order chi connectivity index (χ1) is 4.74. The van der Waals surface area contributed by atoms with Crippen molar-refractivity contribution in [1.82, 2.24) is 15.3 Å². The lowest BCUT2D eigenvalue weighted by Gasteiger charge is -1.91. The topological polar surface area (TPSA) is 57.8 Å². The summed E-state index contributed by atoms with van der Waals surface area (Å²) in [4.78, 5) is 17.4. The monoisotopic (exact) mass is 157 g/mol. The van der Waals surface area contributed by atoms with Crippen molar-refractivity contribution in [3.05, 3.63) is 11.9 Å². The van der Waals surface area contributed by atoms with E-state index in [2.05, 4.69) is 24.5 Å². The van der Waals surface area contributed by atoms with E-state index in [0.29, 0.717) is 11.3 Å². The van der Waals surface area contributed by atoms with Crippen molar-refractivity contribution in [1.29, 1.82) is 0 Å². The minimum absolute atomic E-state index is 0.152. The number of amides is 1. The number of carbonyl (C=O) groups excluding carboxylic acids is 1. The molecule has 2 N–H and O–H groups in total. The van der Waals surface area contributed by atoms with E-state index in [1.54, 1.807) is 7.05 Å². The molecule has 0 fully saturated rings. The normalized spacial score (nSPS) is 9.40. The van der Waals surface area contributed by atoms with Crippen LogP contribution in [0.3, 0.4) is 0 Å². The number of aromatic amines is 1. The molecule has 0 spiro atoms. The molecule has 0 saturated carbocycles. The summed E-state index contributed by atoms with van der Waals surface area (Å²) in [6, 6.07) is 0. The zero-order chi connectivity index (χ0) is 7.56. The van der Waals surface area contributed by atoms with Crippen LogP contribution in [0.2, 0.25) is 0 Å². The van der Waals surface area contributed by atoms with E-state index < -0.39 is 0 Å². The Morgan fingerprint density at radius 1 is 1.90 bits per heavy atom. The highest BCUT2D eigenvalue weighted by Crippen LogP contribution is 1.90. The van der Waals surface area contributed by atoms with Crippen LogP contribution in [0.5, 0.6) is 0 Å². The number of aromatic nitrogens is 2. The van der Waals surface area contributed by atoms with E-state index in [1.807, 2.05) is 0 Å². The standard InChI is InChI=1S/C5H8N3OP/c1-6-4(9)3-2-7-5(10)8-3/h2H,10H2,1H3,(H,6,9)(H,7,8). The molecule has 1 unspecified atom stereocenters. The first kappa shape index (κ1) is 7.22. The highest BCUT2D eigenvalue weighted by Gasteiger charge is 2.03. The van der Waals surface area contributed by atoms with Crippen LogP contribution in [0, 0.1) is 0 Å². The summed E-state index contributed by atoms with van der Waals surface area (Å²) in [6.45, 7) is 0. The van der Waals surface area contributed by atoms with E-state index in [0.717, 1.165) is 0 Å². The van der Waals surface area contributed by atoms with Crippen molar-refractivity contribution in [2.45, 2.75) is 0 Å². The average molecular weight is 157 g/mol. The summed E-state index contributed by atoms with van der Waals surface area (Å²) in [5.74, 6) is -0.152. The minimum atomic E-state index is -0.152. The summed E-state index contributed by atoms with van der Waals surface area (Å²) in [6.07, 6.45) is 1.49. The van der Waals surface area contributed by atoms with Crippen LogP contribution in [0.25, 0.3) is 0 Å². The fourth-order valence-electron chi connectivity index (χ4n) is 0.587. The van der Waals surface area contributed by atoms with Gasteiger partial charge in [-0.1, -0.05) is 9.24 Å². The molecule has 5 heteroatoms. The molecular weight excluding hydrogens is 149 g/mol. The van der Waals surface area contributed by atoms with Gasteiger partial charge in [-0.25, -0.2) is 4.98 Å². The predicted octanol–water partition coefficient (Wildman–Crippen LogP) is -0.730. The predicted molar refractivity (Wildman–Crippen MR) is 41.3 cm³/mol. The van der Waals surface area contributed by atoms with Crippen LogP contribution in [0.1, 0.15) is 10.5 Å². The smallest absolute Gasteiger partial charge is 0.269 e. The molecule has 0 aliphatic rings. The van der Waals surface area contributed by atoms with Gasteiger partial charge in [-0.05, 0) is 0 Å². The molecule has 1 atom stereocenters. The summed E-state index contributed by atoms with van der Waals surface area (Å²) < 4.78 is 0. The van der Waals surface area contributed by atoms with Crippen LogP contribution in [0.15, 0.2) is 6.20 Å². The lowest BCUT2D eigenvalue weighted by Crippen LogP contribution is -2.18. The molecule has 0 saturated heterocycles. The number of carbonyl (C=O) groups is 1. The zero-order valence-corrected chi connectivity index (χ0v) is 6.66. The highest BCUT2D eigenvalue weighted by molar-refractivity contribution is 7.26. The molecule has 10 heavy (non-hydrogen) atoms. The van der Waals surface area contributed by atoms with E-state index in [4.69, 9.17) is 0 Å². The fraction of sp³-hybridized carbons (Fsp3) is 0.200. The summed E-state index contributed by atoms with van der Waals surface area (Å²) in [7, 11) is 3.94. The second-order valence-electron chi connectivity index (χ2n) is 1.76. The molecule has 1 aromatic rings. The van der Waals surface area contributed by atoms with Gasteiger partial charge in [0.05, 0.1) is 6.20 Å². The van der Waals surface area contributed by atoms with Gasteiger partial charge in [0.25, 0.3) is 5.91 Å². The molecular formula is C5H8N3OP. The molecule has 4 nitrogen and oxygen atoms in total. The molecule has 1 amide bonds. The fourth-order valence-corrected chi connectivity index (χ4v) is 0.817. The number of hydrogen-bond donors (Lipinski definition) is 2. The molecule has 1 rings (SSSR count). The summed E-state index contributed by atoms with van der Waals surface area (Å²) in [5, 5.41) is 2.48. The van der Waals surface area contributed by atoms with Crippen molar-refractivity contribution in [2.75, 3.05) is 7.05 Å². The van der Waals surface area contributed by atoms with Gasteiger partial charge >= 0.3 is 0 Å². The van der Waals surface area contributed by atoms with Gasteiger partial charge in [0.1, 0.15) is 11.3 Å². The van der Waals surface area contributed by atoms with E-state index >= 15 is 0 Å². The lowest BCUT2D eigenvalue weighted by atomic mass is 10.4. The maximum absolute atomic E-state index is 10.8. The molecule has 0 bridgehead atoms. The molecule has 0 aromatic carbocycles. The van der Waals surface area contributed by atoms with Crippen LogP contribution >= 0.6 is 9.24 Å². The third-order valence-corrected chi connectivity index (χ3v) is 1.36. The summed E-state index contributed by atoms with van der Waals surface area (Å²) in [5.41, 5.74) is 1.14. The van der Waals surface area contributed by atoms with E-state index in [9.17, 15) is 4.79 Å². The molecule has 0 radical (unpaired) electrons. The number of H-pyrrole nitrogens is 1. The van der Waals surface area contributed by atoms with Crippen molar-refractivity contribution >= 4 is 20.7 Å². The number of rotatable bonds is 1. The van der Waals surface area contributed by atoms with Gasteiger partial charge in [-0.15, -0.1) is 0 Å². The minimum Gasteiger partial charge on any atom is -0.354 e. The van der Waals surface area contributed by atoms with Gasteiger partial charge in [0.15, 0.2) is 0 Å². The average Bonchev–Trinajstić information content (AvgIpc) is 2.34. The second-order valence-corrected chi connectivity index (χ2v) is 2.31. The Morgan fingerprint density at radius 2 is 2.60 bits per heavy atom. The summed E-state index contributed by atoms with van der Waals surface area (Å²) >= 11 is 0. The van der Waals surface area contributed by atoms with Crippen LogP contribution < -0.4 is 10.9 Å². The van der Waals surface area contributed by atoms with Crippen LogP contribution in [0.4, 0.5) is 0 Å². The van der Waals surface area contributed by atoms with Gasteiger partial charge in [0.2, 0.25) is 0 Å². The van der Waals surface area contributed by atoms with Crippen molar-refractivity contribution in [2.24, 2.45) is 0 Å². The highest BCUT2D eigenvalue weighted by atomic mass is 31.0. The Morgan fingerprint density at radius 3 is 3.00 bits per heavy atom.